The van der Waals surface area contributed by atoms with Crippen molar-refractivity contribution < 1.29 is 65.5 Å². The van der Waals surface area contributed by atoms with Gasteiger partial charge in [-0.25, -0.2) is 18.7 Å². The van der Waals surface area contributed by atoms with E-state index in [0.717, 1.165) is 198 Å². The molecule has 0 saturated heterocycles. The summed E-state index contributed by atoms with van der Waals surface area (Å²) in [4.78, 5) is 21.1. The maximum atomic E-state index is 8.12. The highest BCUT2D eigenvalue weighted by Gasteiger charge is 2.29. The third-order valence-corrected chi connectivity index (χ3v) is 25.5. The molecule has 0 aliphatic carbocycles. The van der Waals surface area contributed by atoms with Gasteiger partial charge in [0.15, 0.2) is 18.1 Å². The predicted octanol–water partition coefficient (Wildman–Crippen LogP) is 26.5. The van der Waals surface area contributed by atoms with Gasteiger partial charge < -0.3 is 22.1 Å². The highest BCUT2D eigenvalue weighted by Crippen LogP contribution is 2.47. The third kappa shape index (κ3) is 14.4. The Kier molecular flexibility index (Phi) is 16.6. The molecule has 0 saturated carbocycles. The number of fused-ring (bicyclic) bond motifs is 20. The predicted molar refractivity (Wildman–Crippen MR) is 530 cm³/mol. The molecular weight excluding hydrogens is 1610 g/mol. The molecule has 15 nitrogen and oxygen atoms in total. The SMILES string of the molecule is [2H]C([2H])([2H])c1c[n+](C)c(-c2c(C)ccc3c2oc2cc4ccccc4cc23)cn1.[2H]C([2H])([2H])c1cc(C)c(-c2ccnc[n+]2C)c2oc3cc4ccccc4cc3c12.[2H]C([2H])([2H])c1cc2c(oc3cc4ccccc4cc32)c(-c2cc(C)nc[n+]2C)c1C.[2H]C([2H])([2H])c1cc2c(oc3cc4ccccc4cc32)c(-c2ccnc[n+]2C)c1C.[2H]C([2H])([2H])c1cc2c(oc3cc4ccccc4cc32)c(-c2cncc[n+]2C)c1C. The normalized spacial score (nSPS) is 13.8. The molecule has 0 fully saturated rings. The molecule has 10 heterocycles. The van der Waals surface area contributed by atoms with E-state index < -0.39 is 34.3 Å². The van der Waals surface area contributed by atoms with Gasteiger partial charge in [0.1, 0.15) is 105 Å². The van der Waals surface area contributed by atoms with Crippen LogP contribution in [0.4, 0.5) is 0 Å². The molecule has 0 N–H and O–H groups in total. The Hall–Kier alpha value is -16.0. The standard InChI is InChI=1S/C24H21N2O.4C23H19N2O/c1-14-9-20-19-11-17-7-5-6-8-18(17)12-22(19)27-24(20)23(16(14)3)21-10-15(2)25-13-26(21)4;1-14-10-19-18-11-16-6-4-5-7-17(16)12-21(18)26-23(19)22(15(14)2)20-13-24-8-9-25(20)3;1-14-10-19-18-11-16-6-4-5-7-17(16)12-21(18)26-23(19)22(15(14)2)20-8-9-24-13-25(20)3;1-14-10-15(2)22(19-8-9-24-13-25(19)3)23-21(14)18-11-16-6-4-5-7-17(16)12-20(18)26-23;1-14-8-9-18-19-10-16-6-4-5-7-17(16)11-21(19)26-23(18)22(14)20-12-24-15(2)13-25(20)3/h5-13H,1-4H3;4*4-13H,1-3H3/q5*+1/i4*1D3;2D3. The summed E-state index contributed by atoms with van der Waals surface area (Å²) in [6.07, 6.45) is 17.1. The number of aromatic nitrogens is 10. The van der Waals surface area contributed by atoms with E-state index in [0.29, 0.717) is 72.2 Å². The highest BCUT2D eigenvalue weighted by molar-refractivity contribution is 6.19. The Morgan fingerprint density at radius 3 is 1.05 bits per heavy atom. The van der Waals surface area contributed by atoms with Crippen LogP contribution in [0.15, 0.2) is 321 Å². The fourth-order valence-corrected chi connectivity index (χ4v) is 18.6. The molecule has 0 radical (unpaired) electrons. The summed E-state index contributed by atoms with van der Waals surface area (Å²) >= 11 is 0. The van der Waals surface area contributed by atoms with E-state index in [4.69, 9.17) is 42.6 Å². The van der Waals surface area contributed by atoms with Crippen LogP contribution in [0.2, 0.25) is 0 Å². The second-order valence-electron chi connectivity index (χ2n) is 33.9. The Labute approximate surface area is 777 Å². The van der Waals surface area contributed by atoms with Crippen molar-refractivity contribution in [1.29, 1.82) is 0 Å². The molecule has 0 amide bonds. The molecule has 0 spiro atoms. The summed E-state index contributed by atoms with van der Waals surface area (Å²) in [5, 5.41) is 19.7. The van der Waals surface area contributed by atoms with Gasteiger partial charge in [-0.15, -0.1) is 0 Å². The molecule has 0 bridgehead atoms. The van der Waals surface area contributed by atoms with Crippen molar-refractivity contribution in [2.24, 2.45) is 35.2 Å². The second-order valence-corrected chi connectivity index (χ2v) is 33.9. The fraction of sp³-hybridized carbons (Fsp3) is 0.138. The van der Waals surface area contributed by atoms with Crippen LogP contribution >= 0.6 is 0 Å². The van der Waals surface area contributed by atoms with Crippen LogP contribution in [0.3, 0.4) is 0 Å². The van der Waals surface area contributed by atoms with E-state index >= 15 is 0 Å². The van der Waals surface area contributed by atoms with Gasteiger partial charge in [-0.3, -0.25) is 4.98 Å². The van der Waals surface area contributed by atoms with Crippen LogP contribution in [-0.2, 0) is 35.2 Å². The smallest absolute Gasteiger partial charge is 0.286 e. The van der Waals surface area contributed by atoms with Crippen LogP contribution in [0.1, 0.15) is 82.0 Å². The lowest BCUT2D eigenvalue weighted by Gasteiger charge is -2.10. The second kappa shape index (κ2) is 32.7. The van der Waals surface area contributed by atoms with E-state index in [9.17, 15) is 0 Å². The van der Waals surface area contributed by atoms with E-state index in [1.54, 1.807) is 85.0 Å². The summed E-state index contributed by atoms with van der Waals surface area (Å²) in [6.45, 7) is 0.256. The number of aryl methyl sites for hydroxylation is 13. The molecule has 15 heteroatoms. The maximum absolute atomic E-state index is 8.12. The number of hydrogen-bond donors (Lipinski definition) is 0. The van der Waals surface area contributed by atoms with Crippen molar-refractivity contribution in [2.45, 2.75) is 75.8 Å². The number of benzene rings is 15. The molecule has 25 aromatic rings. The van der Waals surface area contributed by atoms with Gasteiger partial charge in [-0.1, -0.05) is 154 Å². The molecule has 0 aliphatic heterocycles. The largest absolute Gasteiger partial charge is 0.455 e. The first-order valence-electron chi connectivity index (χ1n) is 50.6. The average molecular weight is 1730 g/mol. The van der Waals surface area contributed by atoms with E-state index in [1.165, 1.54) is 5.39 Å². The molecule has 0 unspecified atom stereocenters. The van der Waals surface area contributed by atoms with Crippen LogP contribution < -0.4 is 22.8 Å². The minimum absolute atomic E-state index is 0.0735. The molecule has 10 aromatic heterocycles. The lowest BCUT2D eigenvalue weighted by Crippen LogP contribution is -2.31. The molecular formula is C116H97N10O5+5. The van der Waals surface area contributed by atoms with E-state index in [1.807, 2.05) is 241 Å². The van der Waals surface area contributed by atoms with Crippen LogP contribution in [0.25, 0.3) is 220 Å². The molecule has 0 atom stereocenters. The number of rotatable bonds is 5. The lowest BCUT2D eigenvalue weighted by molar-refractivity contribution is -0.663. The zero-order valence-corrected chi connectivity index (χ0v) is 73.8. The maximum Gasteiger partial charge on any atom is 0.286 e. The van der Waals surface area contributed by atoms with E-state index in [2.05, 4.69) is 97.7 Å². The van der Waals surface area contributed by atoms with Crippen molar-refractivity contribution >= 4 is 164 Å². The van der Waals surface area contributed by atoms with Gasteiger partial charge >= 0.3 is 0 Å². The van der Waals surface area contributed by atoms with Crippen LogP contribution in [-0.4, -0.2) is 24.9 Å². The molecule has 131 heavy (non-hydrogen) atoms. The Morgan fingerprint density at radius 2 is 0.626 bits per heavy atom. The summed E-state index contributed by atoms with van der Waals surface area (Å²) < 4.78 is 161. The van der Waals surface area contributed by atoms with Gasteiger partial charge in [0.2, 0.25) is 11.4 Å². The summed E-state index contributed by atoms with van der Waals surface area (Å²) in [7, 11) is 9.48. The van der Waals surface area contributed by atoms with Crippen LogP contribution in [0, 0.1) is 75.8 Å². The zero-order valence-electron chi connectivity index (χ0n) is 88.8. The van der Waals surface area contributed by atoms with E-state index in [-0.39, 0.29) is 5.69 Å². The fourth-order valence-electron chi connectivity index (χ4n) is 18.6. The Balaban J connectivity index is 0.000000107. The first-order valence-corrected chi connectivity index (χ1v) is 43.1. The monoisotopic (exact) mass is 1720 g/mol. The van der Waals surface area contributed by atoms with Gasteiger partial charge in [-0.2, -0.15) is 9.13 Å². The minimum Gasteiger partial charge on any atom is -0.455 e. The number of hydrogen-bond acceptors (Lipinski definition) is 10. The summed E-state index contributed by atoms with van der Waals surface area (Å²) in [6, 6.07) is 78.0. The van der Waals surface area contributed by atoms with Crippen molar-refractivity contribution in [3.8, 4) is 56.3 Å². The first-order chi connectivity index (χ1) is 69.6. The topological polar surface area (TPSA) is 150 Å². The Bertz CT molecular complexity index is 9470. The molecule has 15 aromatic carbocycles. The van der Waals surface area contributed by atoms with Crippen molar-refractivity contribution in [3.63, 3.8) is 0 Å². The van der Waals surface area contributed by atoms with Crippen LogP contribution in [0.5, 0.6) is 0 Å². The molecule has 25 rings (SSSR count). The van der Waals surface area contributed by atoms with Crippen molar-refractivity contribution in [2.75, 3.05) is 0 Å². The zero-order chi connectivity index (χ0) is 103. The number of furan rings is 5. The minimum atomic E-state index is -2.25. The molecule has 0 aliphatic rings. The quantitative estimate of drug-likeness (QED) is 0.152. The highest BCUT2D eigenvalue weighted by atomic mass is 16.3. The lowest BCUT2D eigenvalue weighted by atomic mass is 9.96. The molecule has 636 valence electrons. The number of nitrogens with zero attached hydrogens (tertiary/aromatic N) is 10. The first kappa shape index (κ1) is 66.4. The van der Waals surface area contributed by atoms with Crippen molar-refractivity contribution in [3.05, 3.63) is 360 Å². The third-order valence-electron chi connectivity index (χ3n) is 25.5. The Morgan fingerprint density at radius 1 is 0.252 bits per heavy atom. The van der Waals surface area contributed by atoms with Gasteiger partial charge in [-0.05, 0) is 252 Å². The average Bonchev–Trinajstić information content (AvgIpc) is 1.56. The summed E-state index contributed by atoms with van der Waals surface area (Å²) in [5.74, 6) is 0. The van der Waals surface area contributed by atoms with Gasteiger partial charge in [0, 0.05) is 99.5 Å². The van der Waals surface area contributed by atoms with Crippen molar-refractivity contribution in [1.82, 2.24) is 24.9 Å². The van der Waals surface area contributed by atoms with Gasteiger partial charge in [0.05, 0.1) is 67.6 Å². The summed E-state index contributed by atoms with van der Waals surface area (Å²) in [5.41, 5.74) is 21.9. The van der Waals surface area contributed by atoms with Gasteiger partial charge in [0.25, 0.3) is 19.0 Å².